The Balaban J connectivity index is 2.14. The van der Waals surface area contributed by atoms with Crippen molar-refractivity contribution in [1.82, 2.24) is 5.32 Å². The van der Waals surface area contributed by atoms with E-state index in [-0.39, 0.29) is 0 Å². The summed E-state index contributed by atoms with van der Waals surface area (Å²) in [6.45, 7) is 0. The Morgan fingerprint density at radius 1 is 1.38 bits per heavy atom. The predicted octanol–water partition coefficient (Wildman–Crippen LogP) is 3.60. The van der Waals surface area contributed by atoms with Gasteiger partial charge in [-0.25, -0.2) is 0 Å². The van der Waals surface area contributed by atoms with Crippen molar-refractivity contribution in [3.05, 3.63) is 16.3 Å². The third-order valence-electron chi connectivity index (χ3n) is 3.59. The first kappa shape index (κ1) is 11.9. The maximum absolute atomic E-state index is 5.43. The van der Waals surface area contributed by atoms with E-state index in [1.165, 1.54) is 37.0 Å². The van der Waals surface area contributed by atoms with Gasteiger partial charge in [0.2, 0.25) is 0 Å². The van der Waals surface area contributed by atoms with Crippen molar-refractivity contribution < 1.29 is 4.74 Å². The average Bonchev–Trinajstić information content (AvgIpc) is 2.80. The second-order valence-corrected chi connectivity index (χ2v) is 5.47. The van der Waals surface area contributed by atoms with E-state index in [0.29, 0.717) is 6.04 Å². The van der Waals surface area contributed by atoms with E-state index in [9.17, 15) is 0 Å². The maximum Gasteiger partial charge on any atom is 0.134 e. The van der Waals surface area contributed by atoms with Gasteiger partial charge in [0.25, 0.3) is 0 Å². The highest BCUT2D eigenvalue weighted by atomic mass is 32.1. The topological polar surface area (TPSA) is 21.3 Å². The van der Waals surface area contributed by atoms with Crippen LogP contribution in [0.15, 0.2) is 11.4 Å². The van der Waals surface area contributed by atoms with Gasteiger partial charge in [-0.2, -0.15) is 0 Å². The molecular formula is C13H21NOS. The van der Waals surface area contributed by atoms with Gasteiger partial charge < -0.3 is 10.1 Å². The fraction of sp³-hybridized carbons (Fsp3) is 0.692. The first-order valence-electron chi connectivity index (χ1n) is 6.15. The van der Waals surface area contributed by atoms with Crippen LogP contribution < -0.4 is 10.1 Å². The van der Waals surface area contributed by atoms with Gasteiger partial charge in [-0.1, -0.05) is 19.3 Å². The molecule has 1 aromatic rings. The van der Waals surface area contributed by atoms with E-state index in [4.69, 9.17) is 4.74 Å². The van der Waals surface area contributed by atoms with Gasteiger partial charge in [0.15, 0.2) is 0 Å². The van der Waals surface area contributed by atoms with Crippen LogP contribution in [-0.4, -0.2) is 14.2 Å². The van der Waals surface area contributed by atoms with Crippen LogP contribution in [0.1, 0.15) is 43.0 Å². The monoisotopic (exact) mass is 239 g/mol. The molecular weight excluding hydrogens is 218 g/mol. The lowest BCUT2D eigenvalue weighted by Crippen LogP contribution is -2.26. The number of hydrogen-bond donors (Lipinski definition) is 1. The van der Waals surface area contributed by atoms with Gasteiger partial charge in [-0.15, -0.1) is 11.3 Å². The lowest BCUT2D eigenvalue weighted by atomic mass is 9.83. The molecule has 1 atom stereocenters. The summed E-state index contributed by atoms with van der Waals surface area (Å²) in [4.78, 5) is 1.37. The lowest BCUT2D eigenvalue weighted by molar-refractivity contribution is 0.279. The second kappa shape index (κ2) is 5.69. The summed E-state index contributed by atoms with van der Waals surface area (Å²) in [5.41, 5.74) is 0. The fourth-order valence-corrected chi connectivity index (χ4v) is 3.82. The molecule has 90 valence electrons. The Bertz CT molecular complexity index is 317. The Morgan fingerprint density at radius 3 is 2.75 bits per heavy atom. The van der Waals surface area contributed by atoms with E-state index in [1.54, 1.807) is 7.11 Å². The quantitative estimate of drug-likeness (QED) is 0.867. The van der Waals surface area contributed by atoms with Gasteiger partial charge in [-0.05, 0) is 37.3 Å². The fourth-order valence-electron chi connectivity index (χ4n) is 2.75. The van der Waals surface area contributed by atoms with Crippen molar-refractivity contribution in [2.24, 2.45) is 5.92 Å². The van der Waals surface area contributed by atoms with Crippen LogP contribution >= 0.6 is 11.3 Å². The molecule has 1 fully saturated rings. The summed E-state index contributed by atoms with van der Waals surface area (Å²) in [6, 6.07) is 2.56. The molecule has 1 aromatic heterocycles. The zero-order chi connectivity index (χ0) is 11.4. The number of hydrogen-bond acceptors (Lipinski definition) is 3. The molecule has 0 bridgehead atoms. The van der Waals surface area contributed by atoms with E-state index in [2.05, 4.69) is 23.8 Å². The molecule has 0 saturated heterocycles. The van der Waals surface area contributed by atoms with Crippen LogP contribution in [0.25, 0.3) is 0 Å². The van der Waals surface area contributed by atoms with E-state index in [1.807, 2.05) is 11.3 Å². The minimum Gasteiger partial charge on any atom is -0.496 e. The van der Waals surface area contributed by atoms with Crippen molar-refractivity contribution >= 4 is 11.3 Å². The molecule has 1 aliphatic rings. The van der Waals surface area contributed by atoms with Gasteiger partial charge in [-0.3, -0.25) is 0 Å². The van der Waals surface area contributed by atoms with Crippen molar-refractivity contribution in [1.29, 1.82) is 0 Å². The predicted molar refractivity (Wildman–Crippen MR) is 69.2 cm³/mol. The molecule has 0 aromatic carbocycles. The van der Waals surface area contributed by atoms with E-state index in [0.717, 1.165) is 11.7 Å². The Morgan fingerprint density at radius 2 is 2.12 bits per heavy atom. The molecule has 2 nitrogen and oxygen atoms in total. The minimum absolute atomic E-state index is 0.482. The van der Waals surface area contributed by atoms with Gasteiger partial charge in [0, 0.05) is 6.04 Å². The SMILES string of the molecule is CNC(c1sccc1OC)C1CCCCC1. The normalized spacial score (nSPS) is 19.6. The maximum atomic E-state index is 5.43. The molecule has 1 saturated carbocycles. The van der Waals surface area contributed by atoms with Gasteiger partial charge in [0.05, 0.1) is 12.0 Å². The molecule has 16 heavy (non-hydrogen) atoms. The Hall–Kier alpha value is -0.540. The summed E-state index contributed by atoms with van der Waals surface area (Å²) < 4.78 is 5.43. The molecule has 1 unspecified atom stereocenters. The summed E-state index contributed by atoms with van der Waals surface area (Å²) >= 11 is 1.81. The molecule has 1 N–H and O–H groups in total. The van der Waals surface area contributed by atoms with E-state index < -0.39 is 0 Å². The number of thiophene rings is 1. The van der Waals surface area contributed by atoms with Gasteiger partial charge >= 0.3 is 0 Å². The zero-order valence-corrected chi connectivity index (χ0v) is 11.0. The van der Waals surface area contributed by atoms with Crippen molar-refractivity contribution in [3.63, 3.8) is 0 Å². The number of ether oxygens (including phenoxy) is 1. The minimum atomic E-state index is 0.482. The Labute approximate surface area is 102 Å². The average molecular weight is 239 g/mol. The summed E-state index contributed by atoms with van der Waals surface area (Å²) in [7, 11) is 3.83. The summed E-state index contributed by atoms with van der Waals surface area (Å²) in [5, 5.41) is 5.61. The van der Waals surface area contributed by atoms with Crippen molar-refractivity contribution in [2.45, 2.75) is 38.1 Å². The lowest BCUT2D eigenvalue weighted by Gasteiger charge is -2.29. The largest absolute Gasteiger partial charge is 0.496 e. The number of nitrogens with one attached hydrogen (secondary N) is 1. The summed E-state index contributed by atoms with van der Waals surface area (Å²) in [6.07, 6.45) is 6.89. The molecule has 1 aliphatic carbocycles. The van der Waals surface area contributed by atoms with Crippen LogP contribution in [0.2, 0.25) is 0 Å². The third kappa shape index (κ3) is 2.41. The Kier molecular flexibility index (Phi) is 4.24. The molecule has 3 heteroatoms. The number of rotatable bonds is 4. The first-order valence-corrected chi connectivity index (χ1v) is 7.03. The van der Waals surface area contributed by atoms with Crippen LogP contribution in [-0.2, 0) is 0 Å². The van der Waals surface area contributed by atoms with Crippen LogP contribution in [0, 0.1) is 5.92 Å². The molecule has 1 heterocycles. The first-order chi connectivity index (χ1) is 7.86. The molecule has 0 radical (unpaired) electrons. The third-order valence-corrected chi connectivity index (χ3v) is 4.57. The molecule has 2 rings (SSSR count). The van der Waals surface area contributed by atoms with Gasteiger partial charge in [0.1, 0.15) is 5.75 Å². The smallest absolute Gasteiger partial charge is 0.134 e. The van der Waals surface area contributed by atoms with Crippen LogP contribution in [0.3, 0.4) is 0 Å². The van der Waals surface area contributed by atoms with E-state index >= 15 is 0 Å². The summed E-state index contributed by atoms with van der Waals surface area (Å²) in [5.74, 6) is 1.83. The number of methoxy groups -OCH3 is 1. The standard InChI is InChI=1S/C13H21NOS/c1-14-12(10-6-4-3-5-7-10)13-11(15-2)8-9-16-13/h8-10,12,14H,3-7H2,1-2H3. The molecule has 0 aliphatic heterocycles. The highest BCUT2D eigenvalue weighted by Gasteiger charge is 2.26. The highest BCUT2D eigenvalue weighted by Crippen LogP contribution is 2.40. The van der Waals surface area contributed by atoms with Crippen LogP contribution in [0.5, 0.6) is 5.75 Å². The van der Waals surface area contributed by atoms with Crippen molar-refractivity contribution in [2.75, 3.05) is 14.2 Å². The van der Waals surface area contributed by atoms with Crippen LogP contribution in [0.4, 0.5) is 0 Å². The van der Waals surface area contributed by atoms with Crippen molar-refractivity contribution in [3.8, 4) is 5.75 Å². The highest BCUT2D eigenvalue weighted by molar-refractivity contribution is 7.10. The molecule has 0 spiro atoms. The zero-order valence-electron chi connectivity index (χ0n) is 10.2. The molecule has 0 amide bonds. The second-order valence-electron chi connectivity index (χ2n) is 4.52.